The normalized spacial score (nSPS) is 10.8. The van der Waals surface area contributed by atoms with Gasteiger partial charge >= 0.3 is 0 Å². The smallest absolute Gasteiger partial charge is 0.255 e. The Kier molecular flexibility index (Phi) is 7.13. The first-order valence-electron chi connectivity index (χ1n) is 12.2. The predicted molar refractivity (Wildman–Crippen MR) is 147 cm³/mol. The van der Waals surface area contributed by atoms with Crippen LogP contribution in [0.15, 0.2) is 109 Å². The third-order valence-corrected chi connectivity index (χ3v) is 6.35. The second kappa shape index (κ2) is 11.0. The highest BCUT2D eigenvalue weighted by atomic mass is 16.5. The Morgan fingerprint density at radius 2 is 1.35 bits per heavy atom. The lowest BCUT2D eigenvalue weighted by atomic mass is 10.0. The fourth-order valence-corrected chi connectivity index (χ4v) is 4.48. The number of methoxy groups -OCH3 is 2. The minimum absolute atomic E-state index is 0.0555. The van der Waals surface area contributed by atoms with Gasteiger partial charge in [0.1, 0.15) is 11.5 Å². The lowest BCUT2D eigenvalue weighted by molar-refractivity contribution is 0.0732. The number of benzene rings is 4. The third-order valence-electron chi connectivity index (χ3n) is 6.35. The minimum atomic E-state index is -0.0555. The van der Waals surface area contributed by atoms with Gasteiger partial charge in [0.15, 0.2) is 0 Å². The molecule has 5 rings (SSSR count). The van der Waals surface area contributed by atoms with Crippen LogP contribution in [0.3, 0.4) is 0 Å². The molecule has 0 N–H and O–H groups in total. The molecule has 0 atom stereocenters. The van der Waals surface area contributed by atoms with E-state index in [4.69, 9.17) is 14.5 Å². The zero-order valence-corrected chi connectivity index (χ0v) is 20.9. The van der Waals surface area contributed by atoms with Crippen LogP contribution >= 0.6 is 0 Å². The van der Waals surface area contributed by atoms with Gasteiger partial charge in [-0.1, -0.05) is 78.9 Å². The number of amides is 1. The van der Waals surface area contributed by atoms with Crippen molar-refractivity contribution in [2.24, 2.45) is 0 Å². The van der Waals surface area contributed by atoms with Gasteiger partial charge < -0.3 is 14.4 Å². The van der Waals surface area contributed by atoms with Crippen LogP contribution in [-0.2, 0) is 13.1 Å². The quantitative estimate of drug-likeness (QED) is 0.242. The van der Waals surface area contributed by atoms with Gasteiger partial charge in [0, 0.05) is 30.1 Å². The van der Waals surface area contributed by atoms with E-state index in [1.165, 1.54) is 0 Å². The molecule has 1 heterocycles. The van der Waals surface area contributed by atoms with Crippen LogP contribution in [0.25, 0.3) is 22.2 Å². The number of carbonyl (C=O) groups is 1. The monoisotopic (exact) mass is 488 g/mol. The van der Waals surface area contributed by atoms with Crippen LogP contribution in [-0.4, -0.2) is 30.0 Å². The molecule has 184 valence electrons. The summed E-state index contributed by atoms with van der Waals surface area (Å²) in [5.74, 6) is 1.26. The summed E-state index contributed by atoms with van der Waals surface area (Å²) < 4.78 is 11.0. The Morgan fingerprint density at radius 3 is 1.97 bits per heavy atom. The summed E-state index contributed by atoms with van der Waals surface area (Å²) in [7, 11) is 3.24. The van der Waals surface area contributed by atoms with E-state index in [9.17, 15) is 4.79 Å². The van der Waals surface area contributed by atoms with E-state index in [-0.39, 0.29) is 5.91 Å². The zero-order chi connectivity index (χ0) is 25.6. The van der Waals surface area contributed by atoms with Crippen molar-refractivity contribution in [1.82, 2.24) is 9.88 Å². The average molecular weight is 489 g/mol. The van der Waals surface area contributed by atoms with Crippen molar-refractivity contribution in [3.63, 3.8) is 0 Å². The number of aromatic nitrogens is 1. The number of hydrogen-bond donors (Lipinski definition) is 0. The number of fused-ring (bicyclic) bond motifs is 1. The fraction of sp³-hybridized carbons (Fsp3) is 0.125. The van der Waals surface area contributed by atoms with Gasteiger partial charge in [-0.05, 0) is 35.4 Å². The van der Waals surface area contributed by atoms with Crippen molar-refractivity contribution in [3.05, 3.63) is 126 Å². The van der Waals surface area contributed by atoms with E-state index in [1.54, 1.807) is 14.2 Å². The molecule has 1 amide bonds. The number of para-hydroxylation sites is 1. The van der Waals surface area contributed by atoms with Crippen molar-refractivity contribution in [2.45, 2.75) is 13.1 Å². The lowest BCUT2D eigenvalue weighted by Crippen LogP contribution is -2.30. The molecule has 0 unspecified atom stereocenters. The molecule has 5 heteroatoms. The minimum Gasteiger partial charge on any atom is -0.497 e. The summed E-state index contributed by atoms with van der Waals surface area (Å²) in [6.07, 6.45) is 0. The molecular formula is C32H28N2O3. The molecule has 0 bridgehead atoms. The first-order chi connectivity index (χ1) is 18.2. The van der Waals surface area contributed by atoms with Crippen molar-refractivity contribution in [2.75, 3.05) is 14.2 Å². The summed E-state index contributed by atoms with van der Waals surface area (Å²) >= 11 is 0. The average Bonchev–Trinajstić information content (AvgIpc) is 2.96. The molecule has 5 nitrogen and oxygen atoms in total. The molecule has 37 heavy (non-hydrogen) atoms. The number of pyridine rings is 1. The largest absolute Gasteiger partial charge is 0.497 e. The highest BCUT2D eigenvalue weighted by molar-refractivity contribution is 6.07. The van der Waals surface area contributed by atoms with E-state index in [1.807, 2.05) is 114 Å². The van der Waals surface area contributed by atoms with Crippen LogP contribution in [0, 0.1) is 0 Å². The van der Waals surface area contributed by atoms with Crippen molar-refractivity contribution in [1.29, 1.82) is 0 Å². The van der Waals surface area contributed by atoms with E-state index >= 15 is 0 Å². The molecule has 5 aromatic rings. The maximum atomic E-state index is 14.3. The maximum absolute atomic E-state index is 14.3. The van der Waals surface area contributed by atoms with Gasteiger partial charge in [0.05, 0.1) is 31.0 Å². The predicted octanol–water partition coefficient (Wildman–Crippen LogP) is 6.76. The highest BCUT2D eigenvalue weighted by Crippen LogP contribution is 2.34. The van der Waals surface area contributed by atoms with E-state index in [2.05, 4.69) is 0 Å². The van der Waals surface area contributed by atoms with E-state index in [0.29, 0.717) is 35.8 Å². The summed E-state index contributed by atoms with van der Waals surface area (Å²) in [6.45, 7) is 0.985. The van der Waals surface area contributed by atoms with E-state index in [0.717, 1.165) is 27.6 Å². The third kappa shape index (κ3) is 5.31. The number of nitrogens with zero attached hydrogens (tertiary/aromatic N) is 2. The summed E-state index contributed by atoms with van der Waals surface area (Å²) in [5, 5.41) is 0.815. The molecule has 0 saturated heterocycles. The first-order valence-corrected chi connectivity index (χ1v) is 12.2. The molecule has 4 aromatic carbocycles. The molecule has 0 aliphatic carbocycles. The Morgan fingerprint density at radius 1 is 0.730 bits per heavy atom. The highest BCUT2D eigenvalue weighted by Gasteiger charge is 2.22. The van der Waals surface area contributed by atoms with Gasteiger partial charge in [-0.2, -0.15) is 0 Å². The van der Waals surface area contributed by atoms with Gasteiger partial charge in [-0.3, -0.25) is 4.79 Å². The Bertz CT molecular complexity index is 1480. The van der Waals surface area contributed by atoms with Gasteiger partial charge in [-0.15, -0.1) is 0 Å². The maximum Gasteiger partial charge on any atom is 0.255 e. The van der Waals surface area contributed by atoms with Crippen molar-refractivity contribution in [3.8, 4) is 22.8 Å². The topological polar surface area (TPSA) is 51.7 Å². The molecule has 0 fully saturated rings. The standard InChI is InChI=1S/C32H28N2O3/c1-36-25-17-18-27(31(19-25)37-2)30-20-28(26-15-9-10-16-29(26)33-30)32(35)34(21-23-11-5-3-6-12-23)22-24-13-7-4-8-14-24/h3-20H,21-22H2,1-2H3. The molecule has 0 radical (unpaired) electrons. The van der Waals surface area contributed by atoms with Crippen LogP contribution in [0.5, 0.6) is 11.5 Å². The number of ether oxygens (including phenoxy) is 2. The van der Waals surface area contributed by atoms with E-state index < -0.39 is 0 Å². The zero-order valence-electron chi connectivity index (χ0n) is 20.9. The van der Waals surface area contributed by atoms with Crippen molar-refractivity contribution >= 4 is 16.8 Å². The second-order valence-corrected chi connectivity index (χ2v) is 8.77. The van der Waals surface area contributed by atoms with Crippen LogP contribution in [0.4, 0.5) is 0 Å². The van der Waals surface area contributed by atoms with Crippen LogP contribution in [0.1, 0.15) is 21.5 Å². The van der Waals surface area contributed by atoms with Crippen LogP contribution < -0.4 is 9.47 Å². The number of hydrogen-bond acceptors (Lipinski definition) is 4. The molecular weight excluding hydrogens is 460 g/mol. The lowest BCUT2D eigenvalue weighted by Gasteiger charge is -2.24. The van der Waals surface area contributed by atoms with Gasteiger partial charge in [0.2, 0.25) is 0 Å². The summed E-state index contributed by atoms with van der Waals surface area (Å²) in [4.78, 5) is 21.0. The molecule has 0 spiro atoms. The Labute approximate surface area is 216 Å². The van der Waals surface area contributed by atoms with Gasteiger partial charge in [-0.25, -0.2) is 4.98 Å². The summed E-state index contributed by atoms with van der Waals surface area (Å²) in [5.41, 5.74) is 4.96. The Balaban J connectivity index is 1.62. The SMILES string of the molecule is COc1ccc(-c2cc(C(=O)N(Cc3ccccc3)Cc3ccccc3)c3ccccc3n2)c(OC)c1. The molecule has 0 aliphatic rings. The molecule has 0 aliphatic heterocycles. The van der Waals surface area contributed by atoms with Crippen LogP contribution in [0.2, 0.25) is 0 Å². The van der Waals surface area contributed by atoms with Gasteiger partial charge in [0.25, 0.3) is 5.91 Å². The molecule has 1 aromatic heterocycles. The Hall–Kier alpha value is -4.64. The van der Waals surface area contributed by atoms with Crippen molar-refractivity contribution < 1.29 is 14.3 Å². The second-order valence-electron chi connectivity index (χ2n) is 8.77. The summed E-state index contributed by atoms with van der Waals surface area (Å²) in [6, 6.07) is 35.4. The molecule has 0 saturated carbocycles. The number of carbonyl (C=O) groups excluding carboxylic acids is 1. The number of rotatable bonds is 8. The first kappa shape index (κ1) is 24.1. The fourth-order valence-electron chi connectivity index (χ4n) is 4.48.